The fourth-order valence-electron chi connectivity index (χ4n) is 2.99. The van der Waals surface area contributed by atoms with E-state index in [4.69, 9.17) is 4.74 Å². The highest BCUT2D eigenvalue weighted by Gasteiger charge is 2.30. The van der Waals surface area contributed by atoms with Crippen molar-refractivity contribution in [1.82, 2.24) is 0 Å². The Bertz CT molecular complexity index is 749. The number of para-hydroxylation sites is 1. The number of carbonyl (C=O) groups is 1. The van der Waals surface area contributed by atoms with Gasteiger partial charge >= 0.3 is 0 Å². The second kappa shape index (κ2) is 6.25. The largest absolute Gasteiger partial charge is 0.457 e. The van der Waals surface area contributed by atoms with Gasteiger partial charge in [-0.2, -0.15) is 0 Å². The van der Waals surface area contributed by atoms with E-state index in [0.717, 1.165) is 34.5 Å². The maximum absolute atomic E-state index is 11.8. The molecule has 0 aliphatic heterocycles. The summed E-state index contributed by atoms with van der Waals surface area (Å²) in [6.07, 6.45) is 9.67. The highest BCUT2D eigenvalue weighted by atomic mass is 16.5. The summed E-state index contributed by atoms with van der Waals surface area (Å²) in [4.78, 5) is 11.8. The molecule has 0 aromatic heterocycles. The summed E-state index contributed by atoms with van der Waals surface area (Å²) < 4.78 is 6.03. The van der Waals surface area contributed by atoms with Gasteiger partial charge in [0.1, 0.15) is 17.8 Å². The topological polar surface area (TPSA) is 26.3 Å². The minimum atomic E-state index is -0.560. The molecule has 2 heteroatoms. The average molecular weight is 304 g/mol. The predicted octanol–water partition coefficient (Wildman–Crippen LogP) is 5.05. The zero-order valence-electron chi connectivity index (χ0n) is 13.5. The van der Waals surface area contributed by atoms with E-state index in [2.05, 4.69) is 12.1 Å². The Morgan fingerprint density at radius 3 is 2.30 bits per heavy atom. The van der Waals surface area contributed by atoms with Gasteiger partial charge in [0.25, 0.3) is 0 Å². The SMILES string of the molecule is Cc1cc(C2(C=O)C=CC=CC2)cc(C)c1Oc1ccccc1. The van der Waals surface area contributed by atoms with Crippen molar-refractivity contribution in [3.05, 3.63) is 83.5 Å². The van der Waals surface area contributed by atoms with E-state index in [1.807, 2.05) is 68.5 Å². The number of hydrogen-bond acceptors (Lipinski definition) is 2. The van der Waals surface area contributed by atoms with Gasteiger partial charge < -0.3 is 9.53 Å². The van der Waals surface area contributed by atoms with Gasteiger partial charge in [0.2, 0.25) is 0 Å². The Balaban J connectivity index is 1.99. The molecule has 1 aliphatic rings. The lowest BCUT2D eigenvalue weighted by Crippen LogP contribution is -2.26. The lowest BCUT2D eigenvalue weighted by Gasteiger charge is -2.27. The third-order valence-corrected chi connectivity index (χ3v) is 4.27. The van der Waals surface area contributed by atoms with Gasteiger partial charge in [-0.25, -0.2) is 0 Å². The molecule has 0 amide bonds. The molecule has 0 saturated carbocycles. The van der Waals surface area contributed by atoms with E-state index in [1.54, 1.807) is 0 Å². The molecule has 1 aliphatic carbocycles. The summed E-state index contributed by atoms with van der Waals surface area (Å²) >= 11 is 0. The number of aryl methyl sites for hydroxylation is 2. The van der Waals surface area contributed by atoms with Crippen LogP contribution >= 0.6 is 0 Å². The Morgan fingerprint density at radius 1 is 1.04 bits per heavy atom. The average Bonchev–Trinajstić information content (AvgIpc) is 2.59. The summed E-state index contributed by atoms with van der Waals surface area (Å²) in [5, 5.41) is 0. The first-order valence-corrected chi connectivity index (χ1v) is 7.80. The summed E-state index contributed by atoms with van der Waals surface area (Å²) in [5.41, 5.74) is 2.53. The lowest BCUT2D eigenvalue weighted by atomic mass is 9.76. The number of aldehydes is 1. The second-order valence-corrected chi connectivity index (χ2v) is 6.00. The van der Waals surface area contributed by atoms with Crippen molar-refractivity contribution in [3.63, 3.8) is 0 Å². The zero-order valence-corrected chi connectivity index (χ0v) is 13.5. The molecule has 0 saturated heterocycles. The molecular formula is C21H20O2. The number of hydrogen-bond donors (Lipinski definition) is 0. The van der Waals surface area contributed by atoms with E-state index < -0.39 is 5.41 Å². The van der Waals surface area contributed by atoms with E-state index in [1.165, 1.54) is 0 Å². The highest BCUT2D eigenvalue weighted by Crippen LogP contribution is 2.36. The van der Waals surface area contributed by atoms with Crippen molar-refractivity contribution in [2.75, 3.05) is 0 Å². The van der Waals surface area contributed by atoms with Crippen LogP contribution in [0.3, 0.4) is 0 Å². The van der Waals surface area contributed by atoms with Crippen molar-refractivity contribution in [1.29, 1.82) is 0 Å². The van der Waals surface area contributed by atoms with Crippen LogP contribution in [-0.2, 0) is 10.2 Å². The van der Waals surface area contributed by atoms with Crippen molar-refractivity contribution in [3.8, 4) is 11.5 Å². The van der Waals surface area contributed by atoms with Crippen LogP contribution in [0.15, 0.2) is 66.8 Å². The number of benzene rings is 2. The van der Waals surface area contributed by atoms with Crippen molar-refractivity contribution >= 4 is 6.29 Å². The van der Waals surface area contributed by atoms with Gasteiger partial charge in [-0.15, -0.1) is 0 Å². The zero-order chi connectivity index (χ0) is 16.3. The summed E-state index contributed by atoms with van der Waals surface area (Å²) in [6, 6.07) is 13.9. The maximum Gasteiger partial charge on any atom is 0.134 e. The Morgan fingerprint density at radius 2 is 1.74 bits per heavy atom. The molecule has 2 aromatic carbocycles. The first kappa shape index (κ1) is 15.3. The van der Waals surface area contributed by atoms with E-state index in [0.29, 0.717) is 6.42 Å². The minimum Gasteiger partial charge on any atom is -0.457 e. The standard InChI is InChI=1S/C21H20O2/c1-16-13-18(21(15-22)11-7-4-8-12-21)14-17(2)20(16)23-19-9-5-3-6-10-19/h3-11,13-15H,12H2,1-2H3. The molecule has 0 spiro atoms. The smallest absolute Gasteiger partial charge is 0.134 e. The van der Waals surface area contributed by atoms with Crippen LogP contribution in [0.4, 0.5) is 0 Å². The van der Waals surface area contributed by atoms with E-state index in [9.17, 15) is 4.79 Å². The Hall–Kier alpha value is -2.61. The number of rotatable bonds is 4. The molecule has 0 radical (unpaired) electrons. The first-order valence-electron chi connectivity index (χ1n) is 7.80. The highest BCUT2D eigenvalue weighted by molar-refractivity contribution is 5.74. The Kier molecular flexibility index (Phi) is 4.16. The van der Waals surface area contributed by atoms with Crippen LogP contribution in [0.1, 0.15) is 23.1 Å². The van der Waals surface area contributed by atoms with Crippen molar-refractivity contribution < 1.29 is 9.53 Å². The molecule has 1 atom stereocenters. The maximum atomic E-state index is 11.8. The molecule has 0 N–H and O–H groups in total. The monoisotopic (exact) mass is 304 g/mol. The molecule has 0 heterocycles. The van der Waals surface area contributed by atoms with Gasteiger partial charge in [0.15, 0.2) is 0 Å². The molecule has 2 nitrogen and oxygen atoms in total. The van der Waals surface area contributed by atoms with Gasteiger partial charge in [0.05, 0.1) is 5.41 Å². The summed E-state index contributed by atoms with van der Waals surface area (Å²) in [6.45, 7) is 4.05. The molecular weight excluding hydrogens is 284 g/mol. The number of allylic oxidation sites excluding steroid dienone is 4. The molecule has 1 unspecified atom stereocenters. The second-order valence-electron chi connectivity index (χ2n) is 6.00. The van der Waals surface area contributed by atoms with Gasteiger partial charge in [-0.05, 0) is 49.1 Å². The van der Waals surface area contributed by atoms with Crippen LogP contribution < -0.4 is 4.74 Å². The van der Waals surface area contributed by atoms with E-state index >= 15 is 0 Å². The lowest BCUT2D eigenvalue weighted by molar-refractivity contribution is -0.111. The Labute approximate surface area is 137 Å². The quantitative estimate of drug-likeness (QED) is 0.739. The molecule has 0 fully saturated rings. The predicted molar refractivity (Wildman–Crippen MR) is 93.1 cm³/mol. The van der Waals surface area contributed by atoms with Gasteiger partial charge in [-0.3, -0.25) is 0 Å². The number of carbonyl (C=O) groups excluding carboxylic acids is 1. The molecule has 2 aromatic rings. The molecule has 116 valence electrons. The fourth-order valence-corrected chi connectivity index (χ4v) is 2.99. The summed E-state index contributed by atoms with van der Waals surface area (Å²) in [7, 11) is 0. The molecule has 0 bridgehead atoms. The fraction of sp³-hybridized carbons (Fsp3) is 0.190. The van der Waals surface area contributed by atoms with Crippen LogP contribution in [0.25, 0.3) is 0 Å². The number of ether oxygens (including phenoxy) is 1. The van der Waals surface area contributed by atoms with E-state index in [-0.39, 0.29) is 0 Å². The van der Waals surface area contributed by atoms with Gasteiger partial charge in [0, 0.05) is 0 Å². The first-order chi connectivity index (χ1) is 11.1. The van der Waals surface area contributed by atoms with Crippen LogP contribution in [0.5, 0.6) is 11.5 Å². The van der Waals surface area contributed by atoms with Gasteiger partial charge in [-0.1, -0.05) is 54.6 Å². The summed E-state index contributed by atoms with van der Waals surface area (Å²) in [5.74, 6) is 1.67. The van der Waals surface area contributed by atoms with Crippen LogP contribution in [-0.4, -0.2) is 6.29 Å². The normalized spacial score (nSPS) is 19.6. The van der Waals surface area contributed by atoms with Crippen LogP contribution in [0, 0.1) is 13.8 Å². The third kappa shape index (κ3) is 2.98. The molecule has 23 heavy (non-hydrogen) atoms. The third-order valence-electron chi connectivity index (χ3n) is 4.27. The molecule has 3 rings (SSSR count). The van der Waals surface area contributed by atoms with Crippen LogP contribution in [0.2, 0.25) is 0 Å². The van der Waals surface area contributed by atoms with Crippen molar-refractivity contribution in [2.24, 2.45) is 0 Å². The minimum absolute atomic E-state index is 0.560. The van der Waals surface area contributed by atoms with Crippen molar-refractivity contribution in [2.45, 2.75) is 25.7 Å².